The average molecular weight is 289 g/mol. The molecule has 5 heteroatoms. The number of aliphatic hydroxyl groups excluding tert-OH is 1. The van der Waals surface area contributed by atoms with Crippen molar-refractivity contribution in [2.75, 3.05) is 40.1 Å². The molecular weight excluding hydrogens is 258 g/mol. The Morgan fingerprint density at radius 1 is 1.00 bits per heavy atom. The second-order valence-electron chi connectivity index (χ2n) is 7.10. The summed E-state index contributed by atoms with van der Waals surface area (Å²) >= 11 is 0. The van der Waals surface area contributed by atoms with E-state index in [0.29, 0.717) is 26.4 Å². The summed E-state index contributed by atoms with van der Waals surface area (Å²) in [5, 5.41) is 11.6. The van der Waals surface area contributed by atoms with Crippen LogP contribution < -0.4 is 0 Å². The van der Waals surface area contributed by atoms with E-state index in [4.69, 9.17) is 14.3 Å². The zero-order valence-electron chi connectivity index (χ0n) is 13.9. The summed E-state index contributed by atoms with van der Waals surface area (Å²) in [5.74, 6) is 0. The molecule has 0 aromatic heterocycles. The lowest BCUT2D eigenvalue weighted by Gasteiger charge is -2.47. The van der Waals surface area contributed by atoms with E-state index in [2.05, 4.69) is 34.6 Å². The van der Waals surface area contributed by atoms with Gasteiger partial charge < -0.3 is 19.4 Å². The van der Waals surface area contributed by atoms with Crippen LogP contribution in [0.3, 0.4) is 0 Å². The van der Waals surface area contributed by atoms with Crippen molar-refractivity contribution in [1.82, 2.24) is 5.06 Å². The highest BCUT2D eigenvalue weighted by atomic mass is 16.7. The molecule has 1 aliphatic rings. The maximum absolute atomic E-state index is 9.68. The summed E-state index contributed by atoms with van der Waals surface area (Å²) in [5.41, 5.74) is -0.844. The van der Waals surface area contributed by atoms with Crippen LogP contribution in [0.4, 0.5) is 0 Å². The van der Waals surface area contributed by atoms with Crippen molar-refractivity contribution in [2.45, 2.75) is 52.1 Å². The molecule has 0 aromatic rings. The van der Waals surface area contributed by atoms with Crippen LogP contribution >= 0.6 is 0 Å². The number of aliphatic hydroxyl groups is 1. The lowest BCUT2D eigenvalue weighted by atomic mass is 9.87. The molecule has 1 N–H and O–H groups in total. The highest BCUT2D eigenvalue weighted by molar-refractivity contribution is 4.89. The van der Waals surface area contributed by atoms with Gasteiger partial charge in [-0.25, -0.2) is 0 Å². The summed E-state index contributed by atoms with van der Waals surface area (Å²) in [7, 11) is 1.68. The molecule has 0 spiro atoms. The first-order valence-corrected chi connectivity index (χ1v) is 7.34. The lowest BCUT2D eigenvalue weighted by molar-refractivity contribution is -0.275. The predicted molar refractivity (Wildman–Crippen MR) is 78.5 cm³/mol. The fraction of sp³-hybridized carbons (Fsp3) is 1.00. The van der Waals surface area contributed by atoms with Gasteiger partial charge in [0, 0.05) is 5.41 Å². The maximum Gasteiger partial charge on any atom is 0.0668 e. The summed E-state index contributed by atoms with van der Waals surface area (Å²) in [4.78, 5) is 5.58. The standard InChI is InChI=1S/C15H31NO4/c1-7-15(8-17)11-19-9-13(2,3)16(18-6)14(4,5)10-20-12-15/h17H,7-12H2,1-6H3. The van der Waals surface area contributed by atoms with Crippen molar-refractivity contribution in [1.29, 1.82) is 0 Å². The van der Waals surface area contributed by atoms with E-state index in [1.165, 1.54) is 0 Å². The highest BCUT2D eigenvalue weighted by Crippen LogP contribution is 2.30. The summed E-state index contributed by atoms with van der Waals surface area (Å²) in [6, 6.07) is 0. The van der Waals surface area contributed by atoms with Gasteiger partial charge in [0.1, 0.15) is 0 Å². The molecule has 1 heterocycles. The van der Waals surface area contributed by atoms with E-state index in [1.807, 2.05) is 5.06 Å². The van der Waals surface area contributed by atoms with E-state index >= 15 is 0 Å². The van der Waals surface area contributed by atoms with Crippen LogP contribution in [-0.4, -0.2) is 61.4 Å². The van der Waals surface area contributed by atoms with Gasteiger partial charge in [-0.05, 0) is 34.1 Å². The van der Waals surface area contributed by atoms with Gasteiger partial charge in [-0.2, -0.15) is 5.06 Å². The van der Waals surface area contributed by atoms with Crippen molar-refractivity contribution in [3.8, 4) is 0 Å². The van der Waals surface area contributed by atoms with E-state index in [0.717, 1.165) is 6.42 Å². The van der Waals surface area contributed by atoms with Gasteiger partial charge in [0.15, 0.2) is 0 Å². The average Bonchev–Trinajstić information content (AvgIpc) is 2.36. The number of hydrogen-bond donors (Lipinski definition) is 1. The maximum atomic E-state index is 9.68. The topological polar surface area (TPSA) is 51.2 Å². The van der Waals surface area contributed by atoms with E-state index in [1.54, 1.807) is 7.11 Å². The normalized spacial score (nSPS) is 27.1. The molecule has 0 amide bonds. The molecule has 1 fully saturated rings. The molecule has 0 radical (unpaired) electrons. The largest absolute Gasteiger partial charge is 0.396 e. The van der Waals surface area contributed by atoms with E-state index < -0.39 is 0 Å². The number of hydrogen-bond acceptors (Lipinski definition) is 5. The fourth-order valence-corrected chi connectivity index (χ4v) is 2.91. The van der Waals surface area contributed by atoms with Crippen LogP contribution in [0.5, 0.6) is 0 Å². The van der Waals surface area contributed by atoms with Gasteiger partial charge in [0.05, 0.1) is 51.2 Å². The number of nitrogens with zero attached hydrogens (tertiary/aromatic N) is 1. The molecule has 0 aliphatic carbocycles. The molecule has 1 saturated heterocycles. The molecule has 0 saturated carbocycles. The second-order valence-corrected chi connectivity index (χ2v) is 7.10. The molecular formula is C15H31NO4. The third-order valence-corrected chi connectivity index (χ3v) is 4.09. The summed E-state index contributed by atoms with van der Waals surface area (Å²) in [6.07, 6.45) is 0.832. The molecule has 1 aliphatic heterocycles. The van der Waals surface area contributed by atoms with Crippen LogP contribution in [0, 0.1) is 5.41 Å². The third-order valence-electron chi connectivity index (χ3n) is 4.09. The first-order valence-electron chi connectivity index (χ1n) is 7.34. The fourth-order valence-electron chi connectivity index (χ4n) is 2.91. The molecule has 0 bridgehead atoms. The highest BCUT2D eigenvalue weighted by Gasteiger charge is 2.41. The molecule has 5 nitrogen and oxygen atoms in total. The minimum Gasteiger partial charge on any atom is -0.396 e. The van der Waals surface area contributed by atoms with Gasteiger partial charge in [0.2, 0.25) is 0 Å². The van der Waals surface area contributed by atoms with Gasteiger partial charge >= 0.3 is 0 Å². The first kappa shape index (κ1) is 17.9. The Morgan fingerprint density at radius 2 is 1.45 bits per heavy atom. The van der Waals surface area contributed by atoms with Crippen LogP contribution in [0.15, 0.2) is 0 Å². The predicted octanol–water partition coefficient (Wildman–Crippen LogP) is 1.84. The van der Waals surface area contributed by atoms with Crippen molar-refractivity contribution in [3.05, 3.63) is 0 Å². The monoisotopic (exact) mass is 289 g/mol. The zero-order chi connectivity index (χ0) is 15.4. The summed E-state index contributed by atoms with van der Waals surface area (Å²) in [6.45, 7) is 12.6. The van der Waals surface area contributed by atoms with Crippen molar-refractivity contribution in [2.24, 2.45) is 5.41 Å². The molecule has 120 valence electrons. The Labute approximate surface area is 123 Å². The minimum atomic E-state index is -0.304. The van der Waals surface area contributed by atoms with Crippen LogP contribution in [-0.2, 0) is 14.3 Å². The van der Waals surface area contributed by atoms with Gasteiger partial charge in [-0.1, -0.05) is 6.92 Å². The van der Waals surface area contributed by atoms with Crippen molar-refractivity contribution < 1.29 is 19.4 Å². The Bertz CT molecular complexity index is 276. The van der Waals surface area contributed by atoms with Gasteiger partial charge in [0.25, 0.3) is 0 Å². The number of ether oxygens (including phenoxy) is 2. The van der Waals surface area contributed by atoms with Crippen LogP contribution in [0.2, 0.25) is 0 Å². The quantitative estimate of drug-likeness (QED) is 0.859. The molecule has 0 unspecified atom stereocenters. The molecule has 20 heavy (non-hydrogen) atoms. The van der Waals surface area contributed by atoms with E-state index in [-0.39, 0.29) is 23.1 Å². The molecule has 0 atom stereocenters. The number of rotatable bonds is 3. The minimum absolute atomic E-state index is 0.0817. The number of hydroxylamine groups is 2. The van der Waals surface area contributed by atoms with Gasteiger partial charge in [-0.3, -0.25) is 0 Å². The molecule has 1 rings (SSSR count). The lowest BCUT2D eigenvalue weighted by Crippen LogP contribution is -2.60. The van der Waals surface area contributed by atoms with Crippen LogP contribution in [0.1, 0.15) is 41.0 Å². The van der Waals surface area contributed by atoms with Crippen LogP contribution in [0.25, 0.3) is 0 Å². The third kappa shape index (κ3) is 3.92. The smallest absolute Gasteiger partial charge is 0.0668 e. The summed E-state index contributed by atoms with van der Waals surface area (Å²) < 4.78 is 11.8. The first-order chi connectivity index (χ1) is 9.23. The molecule has 0 aromatic carbocycles. The van der Waals surface area contributed by atoms with Gasteiger partial charge in [-0.15, -0.1) is 0 Å². The van der Waals surface area contributed by atoms with E-state index in [9.17, 15) is 5.11 Å². The Morgan fingerprint density at radius 3 is 1.75 bits per heavy atom. The Hall–Kier alpha value is -0.200. The second kappa shape index (κ2) is 6.71. The Kier molecular flexibility index (Phi) is 5.99. The van der Waals surface area contributed by atoms with Crippen molar-refractivity contribution in [3.63, 3.8) is 0 Å². The SMILES string of the molecule is CCC1(CO)COCC(C)(C)N(OC)C(C)(C)COC1. The van der Waals surface area contributed by atoms with Crippen molar-refractivity contribution >= 4 is 0 Å². The zero-order valence-corrected chi connectivity index (χ0v) is 13.9. The Balaban J connectivity index is 2.94.